The summed E-state index contributed by atoms with van der Waals surface area (Å²) in [6.07, 6.45) is 1.36. The summed E-state index contributed by atoms with van der Waals surface area (Å²) in [7, 11) is -2.00. The van der Waals surface area contributed by atoms with Crippen LogP contribution in [0.2, 0.25) is 0 Å². The number of sulfonamides is 1. The average Bonchev–Trinajstić information content (AvgIpc) is 2.90. The predicted molar refractivity (Wildman–Crippen MR) is 90.6 cm³/mol. The van der Waals surface area contributed by atoms with Crippen LogP contribution < -0.4 is 10.5 Å². The SMILES string of the molecule is CC(C)C(N)CCN(C)S(=O)(=O)c1cc(Br)cc2c1OCC2. The summed E-state index contributed by atoms with van der Waals surface area (Å²) >= 11 is 3.38. The number of benzene rings is 1. The van der Waals surface area contributed by atoms with E-state index in [1.807, 2.05) is 19.9 Å². The van der Waals surface area contributed by atoms with Gasteiger partial charge in [-0.05, 0) is 24.5 Å². The smallest absolute Gasteiger partial charge is 0.246 e. The molecule has 0 amide bonds. The number of hydrogen-bond acceptors (Lipinski definition) is 4. The highest BCUT2D eigenvalue weighted by atomic mass is 79.9. The van der Waals surface area contributed by atoms with E-state index in [4.69, 9.17) is 10.5 Å². The summed E-state index contributed by atoms with van der Waals surface area (Å²) < 4.78 is 33.3. The van der Waals surface area contributed by atoms with Crippen LogP contribution in [0.25, 0.3) is 0 Å². The Morgan fingerprint density at radius 3 is 2.73 bits per heavy atom. The molecular formula is C15H23BrN2O3S. The van der Waals surface area contributed by atoms with Crippen LogP contribution >= 0.6 is 15.9 Å². The van der Waals surface area contributed by atoms with Gasteiger partial charge < -0.3 is 10.5 Å². The molecule has 0 fully saturated rings. The molecule has 0 spiro atoms. The molecule has 1 aromatic rings. The van der Waals surface area contributed by atoms with E-state index in [0.717, 1.165) is 16.5 Å². The van der Waals surface area contributed by atoms with Crippen molar-refractivity contribution < 1.29 is 13.2 Å². The van der Waals surface area contributed by atoms with Crippen LogP contribution in [0.4, 0.5) is 0 Å². The lowest BCUT2D eigenvalue weighted by molar-refractivity contribution is 0.346. The van der Waals surface area contributed by atoms with E-state index in [2.05, 4.69) is 15.9 Å². The van der Waals surface area contributed by atoms with Gasteiger partial charge in [-0.3, -0.25) is 0 Å². The number of halogens is 1. The van der Waals surface area contributed by atoms with Crippen LogP contribution in [0.1, 0.15) is 25.8 Å². The van der Waals surface area contributed by atoms with E-state index in [1.165, 1.54) is 4.31 Å². The van der Waals surface area contributed by atoms with Gasteiger partial charge in [-0.25, -0.2) is 12.7 Å². The van der Waals surface area contributed by atoms with E-state index in [1.54, 1.807) is 13.1 Å². The van der Waals surface area contributed by atoms with Gasteiger partial charge in [-0.1, -0.05) is 29.8 Å². The molecule has 1 heterocycles. The lowest BCUT2D eigenvalue weighted by Crippen LogP contribution is -2.34. The monoisotopic (exact) mass is 390 g/mol. The zero-order chi connectivity index (χ0) is 16.5. The molecule has 1 aromatic carbocycles. The molecule has 0 saturated heterocycles. The Labute approximate surface area is 141 Å². The van der Waals surface area contributed by atoms with Gasteiger partial charge in [-0.2, -0.15) is 0 Å². The Morgan fingerprint density at radius 2 is 2.09 bits per heavy atom. The largest absolute Gasteiger partial charge is 0.492 e. The van der Waals surface area contributed by atoms with Crippen molar-refractivity contribution in [1.82, 2.24) is 4.31 Å². The van der Waals surface area contributed by atoms with Crippen LogP contribution in [0.5, 0.6) is 5.75 Å². The maximum atomic E-state index is 12.8. The highest BCUT2D eigenvalue weighted by Gasteiger charge is 2.29. The second kappa shape index (κ2) is 6.86. The maximum Gasteiger partial charge on any atom is 0.246 e. The molecule has 124 valence electrons. The Bertz CT molecular complexity index is 646. The molecule has 0 saturated carbocycles. The third kappa shape index (κ3) is 3.64. The Hall–Kier alpha value is -0.630. The minimum Gasteiger partial charge on any atom is -0.492 e. The first-order chi connectivity index (χ1) is 10.2. The van der Waals surface area contributed by atoms with Crippen molar-refractivity contribution in [1.29, 1.82) is 0 Å². The van der Waals surface area contributed by atoms with Crippen LogP contribution in [0.3, 0.4) is 0 Å². The Morgan fingerprint density at radius 1 is 1.41 bits per heavy atom. The maximum absolute atomic E-state index is 12.8. The second-order valence-corrected chi connectivity index (χ2v) is 8.94. The molecule has 7 heteroatoms. The average molecular weight is 391 g/mol. The molecule has 0 bridgehead atoms. The fourth-order valence-corrected chi connectivity index (χ4v) is 4.42. The van der Waals surface area contributed by atoms with Gasteiger partial charge >= 0.3 is 0 Å². The first kappa shape index (κ1) is 17.7. The zero-order valence-corrected chi connectivity index (χ0v) is 15.6. The van der Waals surface area contributed by atoms with Gasteiger partial charge in [0.25, 0.3) is 0 Å². The Kier molecular flexibility index (Phi) is 5.53. The highest BCUT2D eigenvalue weighted by Crippen LogP contribution is 2.37. The summed E-state index contributed by atoms with van der Waals surface area (Å²) in [6.45, 7) is 4.99. The summed E-state index contributed by atoms with van der Waals surface area (Å²) in [5, 5.41) is 0. The molecule has 2 N–H and O–H groups in total. The molecule has 1 aliphatic heterocycles. The van der Waals surface area contributed by atoms with Crippen molar-refractivity contribution in [3.8, 4) is 5.75 Å². The topological polar surface area (TPSA) is 72.6 Å². The first-order valence-electron chi connectivity index (χ1n) is 7.40. The number of ether oxygens (including phenoxy) is 1. The van der Waals surface area contributed by atoms with Crippen molar-refractivity contribution in [3.05, 3.63) is 22.2 Å². The van der Waals surface area contributed by atoms with Crippen molar-refractivity contribution in [2.75, 3.05) is 20.2 Å². The fourth-order valence-electron chi connectivity index (χ4n) is 2.38. The predicted octanol–water partition coefficient (Wildman–Crippen LogP) is 2.38. The van der Waals surface area contributed by atoms with Gasteiger partial charge in [0.15, 0.2) is 0 Å². The van der Waals surface area contributed by atoms with Crippen molar-refractivity contribution in [3.63, 3.8) is 0 Å². The molecule has 0 aromatic heterocycles. The van der Waals surface area contributed by atoms with E-state index >= 15 is 0 Å². The van der Waals surface area contributed by atoms with Crippen molar-refractivity contribution in [2.24, 2.45) is 11.7 Å². The zero-order valence-electron chi connectivity index (χ0n) is 13.2. The van der Waals surface area contributed by atoms with Crippen molar-refractivity contribution >= 4 is 26.0 Å². The van der Waals surface area contributed by atoms with Gasteiger partial charge in [-0.15, -0.1) is 0 Å². The second-order valence-electron chi connectivity index (χ2n) is 6.01. The van der Waals surface area contributed by atoms with E-state index in [-0.39, 0.29) is 10.9 Å². The number of nitrogens with zero attached hydrogens (tertiary/aromatic N) is 1. The Balaban J connectivity index is 2.24. The quantitative estimate of drug-likeness (QED) is 0.808. The standard InChI is InChI=1S/C15H23BrN2O3S/c1-10(2)13(17)4-6-18(3)22(19,20)14-9-12(16)8-11-5-7-21-15(11)14/h8-10,13H,4-7,17H2,1-3H3. The third-order valence-electron chi connectivity index (χ3n) is 4.04. The van der Waals surface area contributed by atoms with Gasteiger partial charge in [0, 0.05) is 36.1 Å². The van der Waals surface area contributed by atoms with Crippen LogP contribution in [0, 0.1) is 5.92 Å². The lowest BCUT2D eigenvalue weighted by atomic mass is 10.0. The van der Waals surface area contributed by atoms with Crippen LogP contribution in [-0.2, 0) is 16.4 Å². The van der Waals surface area contributed by atoms with Gasteiger partial charge in [0.1, 0.15) is 10.6 Å². The highest BCUT2D eigenvalue weighted by molar-refractivity contribution is 9.10. The number of fused-ring (bicyclic) bond motifs is 1. The molecule has 22 heavy (non-hydrogen) atoms. The fraction of sp³-hybridized carbons (Fsp3) is 0.600. The summed E-state index contributed by atoms with van der Waals surface area (Å²) in [5.74, 6) is 0.817. The van der Waals surface area contributed by atoms with Gasteiger partial charge in [0.05, 0.1) is 6.61 Å². The van der Waals surface area contributed by atoms with Crippen LogP contribution in [0.15, 0.2) is 21.5 Å². The summed E-state index contributed by atoms with van der Waals surface area (Å²) in [4.78, 5) is 0.231. The van der Waals surface area contributed by atoms with Crippen LogP contribution in [-0.4, -0.2) is 39.0 Å². The number of nitrogens with two attached hydrogens (primary N) is 1. The molecular weight excluding hydrogens is 368 g/mol. The first-order valence-corrected chi connectivity index (χ1v) is 9.64. The molecule has 0 radical (unpaired) electrons. The van der Waals surface area contributed by atoms with E-state index in [0.29, 0.717) is 31.2 Å². The lowest BCUT2D eigenvalue weighted by Gasteiger charge is -2.22. The summed E-state index contributed by atoms with van der Waals surface area (Å²) in [5.41, 5.74) is 6.94. The normalized spacial score (nSPS) is 16.0. The minimum atomic E-state index is -3.59. The number of hydrogen-bond donors (Lipinski definition) is 1. The van der Waals surface area contributed by atoms with E-state index in [9.17, 15) is 8.42 Å². The number of rotatable bonds is 6. The van der Waals surface area contributed by atoms with Crippen molar-refractivity contribution in [2.45, 2.75) is 37.6 Å². The molecule has 2 rings (SSSR count). The summed E-state index contributed by atoms with van der Waals surface area (Å²) in [6, 6.07) is 3.51. The third-order valence-corrected chi connectivity index (χ3v) is 6.36. The molecule has 1 aliphatic rings. The molecule has 1 unspecified atom stereocenters. The molecule has 1 atom stereocenters. The molecule has 5 nitrogen and oxygen atoms in total. The van der Waals surface area contributed by atoms with E-state index < -0.39 is 10.0 Å². The minimum absolute atomic E-state index is 0.0119. The molecule has 0 aliphatic carbocycles. The van der Waals surface area contributed by atoms with Gasteiger partial charge in [0.2, 0.25) is 10.0 Å².